The molecule has 4 rings (SSSR count). The molecule has 0 atom stereocenters. The summed E-state index contributed by atoms with van der Waals surface area (Å²) < 4.78 is 26.3. The predicted molar refractivity (Wildman–Crippen MR) is 97.2 cm³/mol. The molecular formula is C19H16N2O5S. The first kappa shape index (κ1) is 17.4. The number of carbonyl (C=O) groups excluding carboxylic acids is 3. The van der Waals surface area contributed by atoms with Crippen LogP contribution in [0.15, 0.2) is 47.4 Å². The van der Waals surface area contributed by atoms with Crippen molar-refractivity contribution in [2.45, 2.75) is 30.7 Å². The first-order valence-electron chi connectivity index (χ1n) is 8.44. The van der Waals surface area contributed by atoms with Gasteiger partial charge in [0, 0.05) is 22.9 Å². The molecule has 0 aromatic heterocycles. The minimum Gasteiger partial charge on any atom is -0.322 e. The van der Waals surface area contributed by atoms with Crippen LogP contribution in [-0.4, -0.2) is 36.4 Å². The molecule has 7 nitrogen and oxygen atoms in total. The van der Waals surface area contributed by atoms with Gasteiger partial charge >= 0.3 is 0 Å². The van der Waals surface area contributed by atoms with Gasteiger partial charge in [0.2, 0.25) is 0 Å². The average Bonchev–Trinajstić information content (AvgIpc) is 3.43. The monoisotopic (exact) mass is 384 g/mol. The fourth-order valence-electron chi connectivity index (χ4n) is 3.08. The van der Waals surface area contributed by atoms with Gasteiger partial charge in [-0.2, -0.15) is 0 Å². The van der Waals surface area contributed by atoms with E-state index in [1.165, 1.54) is 25.1 Å². The molecule has 0 spiro atoms. The molecule has 2 aliphatic rings. The van der Waals surface area contributed by atoms with E-state index >= 15 is 0 Å². The first-order chi connectivity index (χ1) is 12.8. The summed E-state index contributed by atoms with van der Waals surface area (Å²) in [5.74, 6) is -1.19. The van der Waals surface area contributed by atoms with Crippen molar-refractivity contribution in [3.05, 3.63) is 59.2 Å². The molecule has 2 amide bonds. The van der Waals surface area contributed by atoms with Crippen LogP contribution in [0, 0.1) is 0 Å². The van der Waals surface area contributed by atoms with Gasteiger partial charge in [-0.3, -0.25) is 14.4 Å². The third-order valence-corrected chi connectivity index (χ3v) is 6.49. The van der Waals surface area contributed by atoms with Gasteiger partial charge in [-0.05, 0) is 50.1 Å². The maximum absolute atomic E-state index is 12.7. The number of carbonyl (C=O) groups is 3. The van der Waals surface area contributed by atoms with Crippen molar-refractivity contribution >= 4 is 33.3 Å². The summed E-state index contributed by atoms with van der Waals surface area (Å²) in [7, 11) is -3.92. The number of rotatable bonds is 4. The summed E-state index contributed by atoms with van der Waals surface area (Å²) in [4.78, 5) is 36.2. The van der Waals surface area contributed by atoms with Crippen LogP contribution in [0.25, 0.3) is 0 Å². The third-order valence-electron chi connectivity index (χ3n) is 4.62. The number of benzene rings is 2. The zero-order chi connectivity index (χ0) is 19.3. The van der Waals surface area contributed by atoms with Crippen molar-refractivity contribution in [2.75, 3.05) is 5.32 Å². The summed E-state index contributed by atoms with van der Waals surface area (Å²) in [6.45, 7) is 1.43. The first-order valence-corrected chi connectivity index (χ1v) is 9.88. The van der Waals surface area contributed by atoms with E-state index in [0.717, 1.165) is 4.31 Å². The van der Waals surface area contributed by atoms with Crippen molar-refractivity contribution in [1.29, 1.82) is 0 Å². The zero-order valence-corrected chi connectivity index (χ0v) is 15.2. The third kappa shape index (κ3) is 2.91. The summed E-state index contributed by atoms with van der Waals surface area (Å²) in [5, 5.41) is 2.65. The number of fused-ring (bicyclic) bond motifs is 1. The predicted octanol–water partition coefficient (Wildman–Crippen LogP) is 2.45. The number of amides is 2. The Morgan fingerprint density at radius 1 is 1.07 bits per heavy atom. The summed E-state index contributed by atoms with van der Waals surface area (Å²) >= 11 is 0. The molecule has 1 fully saturated rings. The highest BCUT2D eigenvalue weighted by Crippen LogP contribution is 2.39. The molecule has 27 heavy (non-hydrogen) atoms. The van der Waals surface area contributed by atoms with E-state index in [1.54, 1.807) is 24.3 Å². The summed E-state index contributed by atoms with van der Waals surface area (Å²) in [6, 6.07) is 10.2. The lowest BCUT2D eigenvalue weighted by molar-refractivity contribution is 0.0864. The molecular weight excluding hydrogens is 368 g/mol. The van der Waals surface area contributed by atoms with Gasteiger partial charge in [0.15, 0.2) is 5.78 Å². The molecule has 1 heterocycles. The molecule has 0 saturated heterocycles. The van der Waals surface area contributed by atoms with Crippen LogP contribution in [-0.2, 0) is 10.0 Å². The van der Waals surface area contributed by atoms with Crippen molar-refractivity contribution in [1.82, 2.24) is 4.31 Å². The maximum atomic E-state index is 12.7. The van der Waals surface area contributed by atoms with E-state index in [-0.39, 0.29) is 27.8 Å². The van der Waals surface area contributed by atoms with Crippen LogP contribution in [0.4, 0.5) is 5.69 Å². The Hall–Kier alpha value is -3.00. The Bertz CT molecular complexity index is 1100. The lowest BCUT2D eigenvalue weighted by Crippen LogP contribution is -2.31. The van der Waals surface area contributed by atoms with Crippen LogP contribution in [0.1, 0.15) is 50.8 Å². The largest absolute Gasteiger partial charge is 0.322 e. The smallest absolute Gasteiger partial charge is 0.269 e. The molecule has 2 aromatic carbocycles. The molecule has 0 bridgehead atoms. The number of hydrogen-bond acceptors (Lipinski definition) is 5. The number of hydrogen-bond donors (Lipinski definition) is 1. The fourth-order valence-corrected chi connectivity index (χ4v) is 4.92. The second-order valence-corrected chi connectivity index (χ2v) is 8.42. The average molecular weight is 384 g/mol. The fraction of sp³-hybridized carbons (Fsp3) is 0.211. The van der Waals surface area contributed by atoms with Gasteiger partial charge in [0.25, 0.3) is 21.8 Å². The molecule has 138 valence electrons. The van der Waals surface area contributed by atoms with E-state index in [9.17, 15) is 22.8 Å². The Kier molecular flexibility index (Phi) is 3.88. The second kappa shape index (κ2) is 6.02. The highest BCUT2D eigenvalue weighted by atomic mass is 32.2. The van der Waals surface area contributed by atoms with E-state index in [1.807, 2.05) is 0 Å². The minimum absolute atomic E-state index is 0.0945. The van der Waals surface area contributed by atoms with Crippen LogP contribution >= 0.6 is 0 Å². The number of nitrogens with zero attached hydrogens (tertiary/aromatic N) is 1. The van der Waals surface area contributed by atoms with E-state index < -0.39 is 21.8 Å². The van der Waals surface area contributed by atoms with Gasteiger partial charge in [0.1, 0.15) is 4.90 Å². The highest BCUT2D eigenvalue weighted by molar-refractivity contribution is 7.90. The molecule has 1 aliphatic heterocycles. The van der Waals surface area contributed by atoms with E-state index in [4.69, 9.17) is 0 Å². The molecule has 0 unspecified atom stereocenters. The van der Waals surface area contributed by atoms with Crippen molar-refractivity contribution < 1.29 is 22.8 Å². The number of nitrogens with one attached hydrogen (secondary N) is 1. The minimum atomic E-state index is -3.92. The van der Waals surface area contributed by atoms with Gasteiger partial charge < -0.3 is 5.32 Å². The Morgan fingerprint density at radius 2 is 1.81 bits per heavy atom. The van der Waals surface area contributed by atoms with E-state index in [0.29, 0.717) is 24.1 Å². The highest BCUT2D eigenvalue weighted by Gasteiger charge is 2.48. The molecule has 0 radical (unpaired) electrons. The van der Waals surface area contributed by atoms with Gasteiger partial charge in [-0.1, -0.05) is 12.1 Å². The van der Waals surface area contributed by atoms with E-state index in [2.05, 4.69) is 5.32 Å². The molecule has 1 saturated carbocycles. The molecule has 8 heteroatoms. The number of anilines is 1. The normalized spacial score (nSPS) is 17.5. The summed E-state index contributed by atoms with van der Waals surface area (Å²) in [6.07, 6.45) is 1.33. The molecule has 1 N–H and O–H groups in total. The van der Waals surface area contributed by atoms with Crippen LogP contribution in [0.5, 0.6) is 0 Å². The second-order valence-electron chi connectivity index (χ2n) is 6.64. The number of Topliss-reactive ketones (excluding diaryl/α,β-unsaturated/α-hetero) is 1. The van der Waals surface area contributed by atoms with Gasteiger partial charge in [-0.15, -0.1) is 0 Å². The molecule has 1 aliphatic carbocycles. The number of sulfonamides is 1. The molecule has 2 aromatic rings. The SMILES string of the molecule is CC(=O)c1cccc(NC(=O)c2ccc3c(c2)S(=O)(=O)N(C2CC2)C3=O)c1. The van der Waals surface area contributed by atoms with Crippen molar-refractivity contribution in [3.63, 3.8) is 0 Å². The topological polar surface area (TPSA) is 101 Å². The Balaban J connectivity index is 1.64. The van der Waals surface area contributed by atoms with Gasteiger partial charge in [0.05, 0.1) is 5.56 Å². The van der Waals surface area contributed by atoms with Crippen LogP contribution in [0.3, 0.4) is 0 Å². The Morgan fingerprint density at radius 3 is 2.48 bits per heavy atom. The Labute approximate surface area is 156 Å². The zero-order valence-electron chi connectivity index (χ0n) is 14.4. The van der Waals surface area contributed by atoms with Crippen LogP contribution < -0.4 is 5.32 Å². The lowest BCUT2D eigenvalue weighted by Gasteiger charge is -2.13. The van der Waals surface area contributed by atoms with Crippen molar-refractivity contribution in [2.24, 2.45) is 0 Å². The van der Waals surface area contributed by atoms with Gasteiger partial charge in [-0.25, -0.2) is 12.7 Å². The summed E-state index contributed by atoms with van der Waals surface area (Å²) in [5.41, 5.74) is 1.09. The quantitative estimate of drug-likeness (QED) is 0.816. The maximum Gasteiger partial charge on any atom is 0.269 e. The van der Waals surface area contributed by atoms with Crippen molar-refractivity contribution in [3.8, 4) is 0 Å². The standard InChI is InChI=1S/C19H16N2O5S/c1-11(22)12-3-2-4-14(9-12)20-18(23)13-5-8-16-17(10-13)27(25,26)21(19(16)24)15-6-7-15/h2-5,8-10,15H,6-7H2,1H3,(H,20,23). The van der Waals surface area contributed by atoms with Crippen LogP contribution in [0.2, 0.25) is 0 Å². The lowest BCUT2D eigenvalue weighted by atomic mass is 10.1. The number of ketones is 1.